The van der Waals surface area contributed by atoms with Crippen LogP contribution in [0.25, 0.3) is 0 Å². The number of benzene rings is 1. The van der Waals surface area contributed by atoms with Crippen molar-refractivity contribution in [2.45, 2.75) is 18.9 Å². The molecule has 1 fully saturated rings. The first-order valence-electron chi connectivity index (χ1n) is 7.64. The molecule has 2 amide bonds. The number of hydrogen-bond donors (Lipinski definition) is 3. The fourth-order valence-corrected chi connectivity index (χ4v) is 1.98. The van der Waals surface area contributed by atoms with Gasteiger partial charge in [-0.1, -0.05) is 6.08 Å². The Morgan fingerprint density at radius 2 is 1.96 bits per heavy atom. The van der Waals surface area contributed by atoms with Crippen molar-refractivity contribution in [1.82, 2.24) is 5.32 Å². The van der Waals surface area contributed by atoms with Crippen LogP contribution >= 0.6 is 0 Å². The minimum Gasteiger partial charge on any atom is -0.480 e. The molecule has 0 spiro atoms. The molecule has 1 atom stereocenters. The molecule has 7 heteroatoms. The van der Waals surface area contributed by atoms with Gasteiger partial charge >= 0.3 is 5.97 Å². The first-order valence-corrected chi connectivity index (χ1v) is 7.64. The Morgan fingerprint density at radius 1 is 1.29 bits per heavy atom. The van der Waals surface area contributed by atoms with Crippen molar-refractivity contribution >= 4 is 23.5 Å². The van der Waals surface area contributed by atoms with E-state index >= 15 is 0 Å². The summed E-state index contributed by atoms with van der Waals surface area (Å²) in [6.07, 6.45) is 3.32. The highest BCUT2D eigenvalue weighted by Gasteiger charge is 2.29. The average molecular weight is 332 g/mol. The number of carboxylic acid groups (broad SMARTS) is 1. The molecule has 0 saturated heterocycles. The van der Waals surface area contributed by atoms with Crippen molar-refractivity contribution in [3.63, 3.8) is 0 Å². The summed E-state index contributed by atoms with van der Waals surface area (Å²) in [5, 5.41) is 14.3. The van der Waals surface area contributed by atoms with Crippen LogP contribution in [0.4, 0.5) is 5.69 Å². The van der Waals surface area contributed by atoms with E-state index in [4.69, 9.17) is 9.84 Å². The van der Waals surface area contributed by atoms with Gasteiger partial charge in [-0.15, -0.1) is 6.58 Å². The minimum atomic E-state index is -1.18. The third kappa shape index (κ3) is 5.20. The molecule has 1 aromatic rings. The Bertz CT molecular complexity index is 622. The number of nitrogens with one attached hydrogen (secondary N) is 2. The number of aliphatic carboxylic acids is 1. The van der Waals surface area contributed by atoms with E-state index in [9.17, 15) is 14.4 Å². The van der Waals surface area contributed by atoms with Gasteiger partial charge in [-0.3, -0.25) is 9.59 Å². The van der Waals surface area contributed by atoms with Crippen molar-refractivity contribution in [2.75, 3.05) is 18.5 Å². The van der Waals surface area contributed by atoms with Gasteiger partial charge in [0.15, 0.2) is 6.04 Å². The van der Waals surface area contributed by atoms with Crippen LogP contribution in [-0.4, -0.2) is 42.1 Å². The van der Waals surface area contributed by atoms with Gasteiger partial charge in [0.05, 0.1) is 13.2 Å². The van der Waals surface area contributed by atoms with E-state index < -0.39 is 17.9 Å². The van der Waals surface area contributed by atoms with Gasteiger partial charge in [0.2, 0.25) is 5.91 Å². The second-order valence-electron chi connectivity index (χ2n) is 5.53. The van der Waals surface area contributed by atoms with Crippen LogP contribution in [0.5, 0.6) is 0 Å². The summed E-state index contributed by atoms with van der Waals surface area (Å²) < 4.78 is 5.07. The van der Waals surface area contributed by atoms with Gasteiger partial charge in [-0.05, 0) is 37.1 Å². The van der Waals surface area contributed by atoms with Gasteiger partial charge in [-0.25, -0.2) is 4.79 Å². The molecule has 1 saturated carbocycles. The molecule has 1 aromatic carbocycles. The third-order valence-electron chi connectivity index (χ3n) is 3.49. The summed E-state index contributed by atoms with van der Waals surface area (Å²) in [5.74, 6) is -1.62. The monoisotopic (exact) mass is 332 g/mol. The molecular formula is C17H20N2O5. The third-order valence-corrected chi connectivity index (χ3v) is 3.49. The standard InChI is InChI=1S/C17H20N2O5/c1-2-9-24-10-14(17(22)23)19-16(21)12-5-7-13(8-6-12)18-15(20)11-3-4-11/h2,5-8,11,14H,1,3-4,9-10H2,(H,18,20)(H,19,21)(H,22,23). The second-order valence-corrected chi connectivity index (χ2v) is 5.53. The molecule has 3 N–H and O–H groups in total. The normalized spacial score (nSPS) is 14.5. The Hall–Kier alpha value is -2.67. The van der Waals surface area contributed by atoms with Crippen LogP contribution in [-0.2, 0) is 14.3 Å². The van der Waals surface area contributed by atoms with Gasteiger partial charge in [0.1, 0.15) is 0 Å². The van der Waals surface area contributed by atoms with Crippen LogP contribution in [0, 0.1) is 5.92 Å². The Balaban J connectivity index is 1.91. The molecule has 24 heavy (non-hydrogen) atoms. The SMILES string of the molecule is C=CCOCC(NC(=O)c1ccc(NC(=O)C2CC2)cc1)C(=O)O. The largest absolute Gasteiger partial charge is 0.480 e. The van der Waals surface area contributed by atoms with Crippen molar-refractivity contribution in [3.05, 3.63) is 42.5 Å². The number of hydrogen-bond acceptors (Lipinski definition) is 4. The van der Waals surface area contributed by atoms with E-state index in [0.29, 0.717) is 11.3 Å². The minimum absolute atomic E-state index is 0.0162. The molecule has 2 rings (SSSR count). The summed E-state index contributed by atoms with van der Waals surface area (Å²) in [4.78, 5) is 34.9. The highest BCUT2D eigenvalue weighted by atomic mass is 16.5. The maximum absolute atomic E-state index is 12.1. The van der Waals surface area contributed by atoms with Crippen LogP contribution in [0.15, 0.2) is 36.9 Å². The average Bonchev–Trinajstić information content (AvgIpc) is 3.39. The molecule has 1 aliphatic rings. The van der Waals surface area contributed by atoms with E-state index in [-0.39, 0.29) is 25.0 Å². The zero-order chi connectivity index (χ0) is 17.5. The molecule has 128 valence electrons. The zero-order valence-electron chi connectivity index (χ0n) is 13.2. The number of carbonyl (C=O) groups is 3. The molecule has 0 aromatic heterocycles. The van der Waals surface area contributed by atoms with Gasteiger partial charge < -0.3 is 20.5 Å². The Morgan fingerprint density at radius 3 is 2.50 bits per heavy atom. The van der Waals surface area contributed by atoms with Gasteiger partial charge in [0.25, 0.3) is 5.91 Å². The number of amides is 2. The summed E-state index contributed by atoms with van der Waals surface area (Å²) >= 11 is 0. The topological polar surface area (TPSA) is 105 Å². The van der Waals surface area contributed by atoms with Gasteiger partial charge in [-0.2, -0.15) is 0 Å². The molecule has 0 bridgehead atoms. The van der Waals surface area contributed by atoms with Crippen molar-refractivity contribution in [1.29, 1.82) is 0 Å². The molecule has 1 aliphatic carbocycles. The predicted octanol–water partition coefficient (Wildman–Crippen LogP) is 1.42. The molecule has 0 radical (unpaired) electrons. The van der Waals surface area contributed by atoms with Crippen LogP contribution in [0.3, 0.4) is 0 Å². The lowest BCUT2D eigenvalue weighted by atomic mass is 10.1. The fourth-order valence-electron chi connectivity index (χ4n) is 1.98. The first-order chi connectivity index (χ1) is 11.5. The number of anilines is 1. The van der Waals surface area contributed by atoms with Crippen molar-refractivity contribution in [3.8, 4) is 0 Å². The number of carboxylic acids is 1. The fraction of sp³-hybridized carbons (Fsp3) is 0.353. The second kappa shape index (κ2) is 8.26. The lowest BCUT2D eigenvalue weighted by Crippen LogP contribution is -2.44. The molecule has 0 aliphatic heterocycles. The van der Waals surface area contributed by atoms with Crippen molar-refractivity contribution < 1.29 is 24.2 Å². The van der Waals surface area contributed by atoms with Crippen LogP contribution < -0.4 is 10.6 Å². The number of rotatable bonds is 9. The Kier molecular flexibility index (Phi) is 6.08. The van der Waals surface area contributed by atoms with Crippen LogP contribution in [0.2, 0.25) is 0 Å². The number of carbonyl (C=O) groups excluding carboxylic acids is 2. The van der Waals surface area contributed by atoms with E-state index in [2.05, 4.69) is 17.2 Å². The maximum Gasteiger partial charge on any atom is 0.328 e. The summed E-state index contributed by atoms with van der Waals surface area (Å²) in [5.41, 5.74) is 0.905. The number of ether oxygens (including phenoxy) is 1. The highest BCUT2D eigenvalue weighted by molar-refractivity contribution is 5.98. The van der Waals surface area contributed by atoms with Crippen LogP contribution in [0.1, 0.15) is 23.2 Å². The quantitative estimate of drug-likeness (QED) is 0.468. The predicted molar refractivity (Wildman–Crippen MR) is 87.7 cm³/mol. The summed E-state index contributed by atoms with van der Waals surface area (Å²) in [6.45, 7) is 3.52. The Labute approximate surface area is 139 Å². The summed E-state index contributed by atoms with van der Waals surface area (Å²) in [7, 11) is 0. The molecule has 1 unspecified atom stereocenters. The molecular weight excluding hydrogens is 312 g/mol. The highest BCUT2D eigenvalue weighted by Crippen LogP contribution is 2.30. The van der Waals surface area contributed by atoms with E-state index in [0.717, 1.165) is 12.8 Å². The summed E-state index contributed by atoms with van der Waals surface area (Å²) in [6, 6.07) is 5.13. The van der Waals surface area contributed by atoms with E-state index in [1.165, 1.54) is 18.2 Å². The molecule has 0 heterocycles. The molecule has 7 nitrogen and oxygen atoms in total. The smallest absolute Gasteiger partial charge is 0.328 e. The van der Waals surface area contributed by atoms with E-state index in [1.807, 2.05) is 0 Å². The van der Waals surface area contributed by atoms with E-state index in [1.54, 1.807) is 12.1 Å². The van der Waals surface area contributed by atoms with Crippen molar-refractivity contribution in [2.24, 2.45) is 5.92 Å². The lowest BCUT2D eigenvalue weighted by Gasteiger charge is -2.14. The first kappa shape index (κ1) is 17.7. The maximum atomic E-state index is 12.1. The lowest BCUT2D eigenvalue weighted by molar-refractivity contribution is -0.140. The zero-order valence-corrected chi connectivity index (χ0v) is 13.2. The van der Waals surface area contributed by atoms with Gasteiger partial charge in [0, 0.05) is 17.2 Å².